The fourth-order valence-electron chi connectivity index (χ4n) is 2.49. The lowest BCUT2D eigenvalue weighted by atomic mass is 10.0. The van der Waals surface area contributed by atoms with E-state index in [0.29, 0.717) is 26.1 Å². The van der Waals surface area contributed by atoms with E-state index in [2.05, 4.69) is 0 Å². The maximum atomic E-state index is 12.1. The number of rotatable bonds is 4. The van der Waals surface area contributed by atoms with E-state index < -0.39 is 12.0 Å². The van der Waals surface area contributed by atoms with Crippen LogP contribution < -0.4 is 0 Å². The molecule has 2 aliphatic heterocycles. The fourth-order valence-corrected chi connectivity index (χ4v) is 3.34. The van der Waals surface area contributed by atoms with Crippen molar-refractivity contribution in [2.24, 2.45) is 0 Å². The van der Waals surface area contributed by atoms with Gasteiger partial charge in [-0.1, -0.05) is 11.8 Å². The second-order valence-electron chi connectivity index (χ2n) is 4.79. The number of thioether (sulfide) groups is 1. The second kappa shape index (κ2) is 6.27. The summed E-state index contributed by atoms with van der Waals surface area (Å²) in [5.41, 5.74) is 0. The smallest absolute Gasteiger partial charge is 0.326 e. The third-order valence-corrected chi connectivity index (χ3v) is 4.44. The molecule has 0 aromatic rings. The molecule has 106 valence electrons. The minimum atomic E-state index is -0.930. The van der Waals surface area contributed by atoms with Crippen LogP contribution in [0.4, 0.5) is 4.79 Å². The zero-order chi connectivity index (χ0) is 13.8. The molecule has 0 aromatic carbocycles. The highest BCUT2D eigenvalue weighted by Gasteiger charge is 2.32. The van der Waals surface area contributed by atoms with Crippen LogP contribution in [-0.4, -0.2) is 63.5 Å². The third kappa shape index (κ3) is 3.40. The van der Waals surface area contributed by atoms with Crippen LogP contribution in [0.15, 0.2) is 0 Å². The lowest BCUT2D eigenvalue weighted by Crippen LogP contribution is -2.48. The van der Waals surface area contributed by atoms with Gasteiger partial charge in [0, 0.05) is 31.8 Å². The summed E-state index contributed by atoms with van der Waals surface area (Å²) in [5.74, 6) is -0.313. The topological polar surface area (TPSA) is 77.9 Å². The lowest BCUT2D eigenvalue weighted by Gasteiger charge is -2.33. The first-order chi connectivity index (χ1) is 9.09. The first kappa shape index (κ1) is 14.2. The molecule has 6 nitrogen and oxygen atoms in total. The van der Waals surface area contributed by atoms with Gasteiger partial charge in [0.2, 0.25) is 5.91 Å². The summed E-state index contributed by atoms with van der Waals surface area (Å²) in [7, 11) is 0. The molecule has 1 atom stereocenters. The van der Waals surface area contributed by atoms with Crippen LogP contribution >= 0.6 is 11.8 Å². The molecule has 2 aliphatic rings. The molecule has 0 saturated carbocycles. The fraction of sp³-hybridized carbons (Fsp3) is 0.750. The summed E-state index contributed by atoms with van der Waals surface area (Å²) < 4.78 is 0. The van der Waals surface area contributed by atoms with Crippen LogP contribution in [0, 0.1) is 0 Å². The molecule has 0 aromatic heterocycles. The van der Waals surface area contributed by atoms with Gasteiger partial charge < -0.3 is 14.9 Å². The van der Waals surface area contributed by atoms with Gasteiger partial charge in [-0.05, 0) is 19.3 Å². The van der Waals surface area contributed by atoms with Gasteiger partial charge in [-0.15, -0.1) is 0 Å². The standard InChI is InChI=1S/C12H18N2O4S/c15-10(4-6-13-7-8-19-12(13)18)14-5-2-1-3-9(14)11(16)17/h9H,1-8H2,(H,16,17)/t9-/m1/s1. The van der Waals surface area contributed by atoms with Crippen molar-refractivity contribution < 1.29 is 19.5 Å². The van der Waals surface area contributed by atoms with Gasteiger partial charge >= 0.3 is 5.97 Å². The zero-order valence-corrected chi connectivity index (χ0v) is 11.5. The minimum absolute atomic E-state index is 0.0150. The Morgan fingerprint density at radius 3 is 2.74 bits per heavy atom. The monoisotopic (exact) mass is 286 g/mol. The SMILES string of the molecule is O=C(O)[C@H]1CCCCN1C(=O)CCN1CCSC1=O. The molecule has 0 bridgehead atoms. The molecule has 0 spiro atoms. The van der Waals surface area contributed by atoms with Crippen molar-refractivity contribution in [2.45, 2.75) is 31.7 Å². The average molecular weight is 286 g/mol. The Hall–Kier alpha value is -1.24. The Morgan fingerprint density at radius 1 is 1.32 bits per heavy atom. The first-order valence-electron chi connectivity index (χ1n) is 6.53. The van der Waals surface area contributed by atoms with E-state index in [1.807, 2.05) is 0 Å². The van der Waals surface area contributed by atoms with Crippen LogP contribution in [-0.2, 0) is 9.59 Å². The molecular formula is C12H18N2O4S. The van der Waals surface area contributed by atoms with Crippen LogP contribution in [0.25, 0.3) is 0 Å². The van der Waals surface area contributed by atoms with E-state index in [9.17, 15) is 14.4 Å². The van der Waals surface area contributed by atoms with Gasteiger partial charge in [-0.2, -0.15) is 0 Å². The number of carboxylic acids is 1. The minimum Gasteiger partial charge on any atom is -0.480 e. The van der Waals surface area contributed by atoms with E-state index in [0.717, 1.165) is 18.6 Å². The van der Waals surface area contributed by atoms with Crippen molar-refractivity contribution in [3.05, 3.63) is 0 Å². The Labute approximate surface area is 116 Å². The first-order valence-corrected chi connectivity index (χ1v) is 7.52. The zero-order valence-electron chi connectivity index (χ0n) is 10.7. The Kier molecular flexibility index (Phi) is 4.68. The molecule has 2 rings (SSSR count). The van der Waals surface area contributed by atoms with E-state index in [1.165, 1.54) is 16.7 Å². The number of piperidine rings is 1. The van der Waals surface area contributed by atoms with Crippen LogP contribution in [0.2, 0.25) is 0 Å². The van der Waals surface area contributed by atoms with E-state index in [4.69, 9.17) is 5.11 Å². The van der Waals surface area contributed by atoms with E-state index in [1.54, 1.807) is 4.90 Å². The van der Waals surface area contributed by atoms with Gasteiger partial charge in [-0.3, -0.25) is 9.59 Å². The normalized spacial score (nSPS) is 23.8. The number of carbonyl (C=O) groups is 3. The Balaban J connectivity index is 1.87. The highest BCUT2D eigenvalue weighted by atomic mass is 32.2. The number of likely N-dealkylation sites (tertiary alicyclic amines) is 1. The molecular weight excluding hydrogens is 268 g/mol. The van der Waals surface area contributed by atoms with Gasteiger partial charge in [0.1, 0.15) is 6.04 Å². The van der Waals surface area contributed by atoms with Crippen LogP contribution in [0.5, 0.6) is 0 Å². The number of hydrogen-bond acceptors (Lipinski definition) is 4. The number of nitrogens with zero attached hydrogens (tertiary/aromatic N) is 2. The summed E-state index contributed by atoms with van der Waals surface area (Å²) in [6.45, 7) is 1.59. The number of aliphatic carboxylic acids is 1. The molecule has 2 saturated heterocycles. The number of hydrogen-bond donors (Lipinski definition) is 1. The maximum Gasteiger partial charge on any atom is 0.326 e. The predicted molar refractivity (Wildman–Crippen MR) is 71.0 cm³/mol. The third-order valence-electron chi connectivity index (χ3n) is 3.55. The largest absolute Gasteiger partial charge is 0.480 e. The predicted octanol–water partition coefficient (Wildman–Crippen LogP) is 1.01. The Morgan fingerprint density at radius 2 is 2.11 bits per heavy atom. The van der Waals surface area contributed by atoms with Crippen LogP contribution in [0.1, 0.15) is 25.7 Å². The average Bonchev–Trinajstić information content (AvgIpc) is 2.81. The lowest BCUT2D eigenvalue weighted by molar-refractivity contribution is -0.152. The summed E-state index contributed by atoms with van der Waals surface area (Å²) in [6.07, 6.45) is 2.45. The number of carboxylic acid groups (broad SMARTS) is 1. The number of amides is 2. The summed E-state index contributed by atoms with van der Waals surface area (Å²) >= 11 is 1.27. The van der Waals surface area contributed by atoms with Crippen LogP contribution in [0.3, 0.4) is 0 Å². The van der Waals surface area contributed by atoms with Gasteiger partial charge in [-0.25, -0.2) is 4.79 Å². The Bertz CT molecular complexity index is 388. The van der Waals surface area contributed by atoms with Crippen molar-refractivity contribution >= 4 is 28.9 Å². The van der Waals surface area contributed by atoms with Gasteiger partial charge in [0.15, 0.2) is 0 Å². The molecule has 1 N–H and O–H groups in total. The molecule has 2 fully saturated rings. The molecule has 0 radical (unpaired) electrons. The quantitative estimate of drug-likeness (QED) is 0.834. The van der Waals surface area contributed by atoms with Crippen molar-refractivity contribution in [1.82, 2.24) is 9.80 Å². The molecule has 7 heteroatoms. The van der Waals surface area contributed by atoms with Gasteiger partial charge in [0.05, 0.1) is 0 Å². The van der Waals surface area contributed by atoms with E-state index >= 15 is 0 Å². The van der Waals surface area contributed by atoms with Crippen molar-refractivity contribution in [3.8, 4) is 0 Å². The van der Waals surface area contributed by atoms with Gasteiger partial charge in [0.25, 0.3) is 5.24 Å². The highest BCUT2D eigenvalue weighted by molar-refractivity contribution is 8.13. The summed E-state index contributed by atoms with van der Waals surface area (Å²) in [6, 6.07) is -0.690. The number of carbonyl (C=O) groups excluding carboxylic acids is 2. The molecule has 0 aliphatic carbocycles. The van der Waals surface area contributed by atoms with E-state index in [-0.39, 0.29) is 17.6 Å². The van der Waals surface area contributed by atoms with Crippen molar-refractivity contribution in [3.63, 3.8) is 0 Å². The molecule has 2 heterocycles. The van der Waals surface area contributed by atoms with Crippen molar-refractivity contribution in [1.29, 1.82) is 0 Å². The second-order valence-corrected chi connectivity index (χ2v) is 5.83. The summed E-state index contributed by atoms with van der Waals surface area (Å²) in [4.78, 5) is 37.7. The maximum absolute atomic E-state index is 12.1. The summed E-state index contributed by atoms with van der Waals surface area (Å²) in [5, 5.41) is 9.13. The molecule has 19 heavy (non-hydrogen) atoms. The molecule has 2 amide bonds. The molecule has 0 unspecified atom stereocenters. The highest BCUT2D eigenvalue weighted by Crippen LogP contribution is 2.20. The van der Waals surface area contributed by atoms with Crippen molar-refractivity contribution in [2.75, 3.05) is 25.4 Å².